The summed E-state index contributed by atoms with van der Waals surface area (Å²) in [6, 6.07) is 0. The molecule has 0 radical (unpaired) electrons. The van der Waals surface area contributed by atoms with Crippen LogP contribution in [0.1, 0.15) is 0 Å². The van der Waals surface area contributed by atoms with Crippen LogP contribution in [0.25, 0.3) is 11.2 Å². The molecule has 0 aliphatic heterocycles. The first-order valence-corrected chi connectivity index (χ1v) is 3.33. The van der Waals surface area contributed by atoms with Gasteiger partial charge in [-0.3, -0.25) is 4.98 Å². The van der Waals surface area contributed by atoms with Crippen LogP contribution in [0.3, 0.4) is 0 Å². The second-order valence-corrected chi connectivity index (χ2v) is 2.45. The zero-order chi connectivity index (χ0) is 7.84. The first-order valence-electron chi connectivity index (χ1n) is 3.33. The monoisotopic (exact) mass is 146 g/mol. The summed E-state index contributed by atoms with van der Waals surface area (Å²) in [5.41, 5.74) is 8.64. The fourth-order valence-corrected chi connectivity index (χ4v) is 0.999. The molecule has 2 aromatic heterocycles. The van der Waals surface area contributed by atoms with E-state index < -0.39 is 0 Å². The van der Waals surface area contributed by atoms with Gasteiger partial charge in [-0.1, -0.05) is 0 Å². The number of fused-ring (bicyclic) bond motifs is 1. The summed E-state index contributed by atoms with van der Waals surface area (Å²) in [4.78, 5) is 11.2. The summed E-state index contributed by atoms with van der Waals surface area (Å²) in [5.74, 6) is 0. The highest BCUT2D eigenvalue weighted by Crippen LogP contribution is 2.12. The number of anilines is 1. The number of aromatic amines is 1. The molecule has 2 aromatic rings. The van der Waals surface area contributed by atoms with E-state index in [1.54, 1.807) is 12.4 Å². The summed E-state index contributed by atoms with van der Waals surface area (Å²) in [5, 5.41) is 0. The number of nitrogens with one attached hydrogen (secondary N) is 1. The molecule has 4 nitrogen and oxygen atoms in total. The van der Waals surface area contributed by atoms with Crippen molar-refractivity contribution >= 4 is 30.3 Å². The molecule has 0 aromatic carbocycles. The molecule has 0 spiro atoms. The van der Waals surface area contributed by atoms with Crippen molar-refractivity contribution in [2.45, 2.75) is 0 Å². The Balaban J connectivity index is 2.87. The van der Waals surface area contributed by atoms with Crippen molar-refractivity contribution in [3.05, 3.63) is 12.4 Å². The molecule has 2 rings (SSSR count). The largest absolute Gasteiger partial charge is 0.396 e. The standard InChI is InChI=1S/C6H7BN4/c7-4-2-10-6-5(11-4)3(8)1-9-6/h1-2H,7-8H2,(H,9,10). The molecule has 0 aliphatic rings. The van der Waals surface area contributed by atoms with Crippen LogP contribution in [0.2, 0.25) is 0 Å². The molecular formula is C6H7BN4. The van der Waals surface area contributed by atoms with Crippen molar-refractivity contribution in [3.63, 3.8) is 0 Å². The van der Waals surface area contributed by atoms with Crippen LogP contribution in [-0.4, -0.2) is 22.8 Å². The topological polar surface area (TPSA) is 67.6 Å². The Morgan fingerprint density at radius 2 is 2.36 bits per heavy atom. The zero-order valence-electron chi connectivity index (χ0n) is 6.13. The highest BCUT2D eigenvalue weighted by Gasteiger charge is 2.01. The van der Waals surface area contributed by atoms with Gasteiger partial charge in [0.1, 0.15) is 5.52 Å². The van der Waals surface area contributed by atoms with Gasteiger partial charge < -0.3 is 10.7 Å². The van der Waals surface area contributed by atoms with Crippen molar-refractivity contribution in [1.82, 2.24) is 15.0 Å². The first kappa shape index (κ1) is 6.21. The molecule has 0 saturated heterocycles. The minimum atomic E-state index is 0.649. The van der Waals surface area contributed by atoms with Gasteiger partial charge in [0.25, 0.3) is 0 Å². The number of rotatable bonds is 0. The van der Waals surface area contributed by atoms with Crippen LogP contribution in [-0.2, 0) is 0 Å². The lowest BCUT2D eigenvalue weighted by atomic mass is 10.1. The molecular weight excluding hydrogens is 139 g/mol. The van der Waals surface area contributed by atoms with Gasteiger partial charge in [0, 0.05) is 18.0 Å². The maximum atomic E-state index is 5.61. The summed E-state index contributed by atoms with van der Waals surface area (Å²) in [7, 11) is 1.89. The second-order valence-electron chi connectivity index (χ2n) is 2.45. The zero-order valence-corrected chi connectivity index (χ0v) is 6.13. The Kier molecular flexibility index (Phi) is 1.12. The SMILES string of the molecule is Bc1cnc2[nH]cc(N)c2n1. The van der Waals surface area contributed by atoms with E-state index >= 15 is 0 Å². The van der Waals surface area contributed by atoms with Crippen LogP contribution < -0.4 is 11.3 Å². The fourth-order valence-electron chi connectivity index (χ4n) is 0.999. The highest BCUT2D eigenvalue weighted by molar-refractivity contribution is 6.30. The van der Waals surface area contributed by atoms with E-state index in [4.69, 9.17) is 5.73 Å². The molecule has 11 heavy (non-hydrogen) atoms. The van der Waals surface area contributed by atoms with E-state index in [9.17, 15) is 0 Å². The number of nitrogens with two attached hydrogens (primary N) is 1. The van der Waals surface area contributed by atoms with Crippen LogP contribution in [0.5, 0.6) is 0 Å². The van der Waals surface area contributed by atoms with E-state index in [0.717, 1.165) is 16.8 Å². The molecule has 0 unspecified atom stereocenters. The predicted octanol–water partition coefficient (Wildman–Crippen LogP) is -1.20. The summed E-state index contributed by atoms with van der Waals surface area (Å²) >= 11 is 0. The number of nitrogen functional groups attached to an aromatic ring is 1. The maximum Gasteiger partial charge on any atom is 0.166 e. The number of hydrogen-bond acceptors (Lipinski definition) is 3. The van der Waals surface area contributed by atoms with Crippen molar-refractivity contribution in [1.29, 1.82) is 0 Å². The minimum Gasteiger partial charge on any atom is -0.396 e. The van der Waals surface area contributed by atoms with Gasteiger partial charge in [-0.2, -0.15) is 0 Å². The Labute approximate surface area is 64.3 Å². The third-order valence-electron chi connectivity index (χ3n) is 1.53. The van der Waals surface area contributed by atoms with Crippen molar-refractivity contribution in [2.75, 3.05) is 5.73 Å². The van der Waals surface area contributed by atoms with Gasteiger partial charge in [-0.05, 0) is 0 Å². The maximum absolute atomic E-state index is 5.61. The lowest BCUT2D eigenvalue weighted by Crippen LogP contribution is -2.08. The summed E-state index contributed by atoms with van der Waals surface area (Å²) < 4.78 is 0. The molecule has 0 amide bonds. The van der Waals surface area contributed by atoms with Crippen molar-refractivity contribution in [2.24, 2.45) is 0 Å². The quantitative estimate of drug-likeness (QED) is 0.458. The fraction of sp³-hybridized carbons (Fsp3) is 0. The van der Waals surface area contributed by atoms with Gasteiger partial charge in [-0.15, -0.1) is 0 Å². The van der Waals surface area contributed by atoms with E-state index in [1.165, 1.54) is 0 Å². The first-order chi connectivity index (χ1) is 5.27. The van der Waals surface area contributed by atoms with Gasteiger partial charge in [0.2, 0.25) is 0 Å². The van der Waals surface area contributed by atoms with E-state index in [2.05, 4.69) is 15.0 Å². The van der Waals surface area contributed by atoms with Crippen molar-refractivity contribution in [3.8, 4) is 0 Å². The minimum absolute atomic E-state index is 0.649. The smallest absolute Gasteiger partial charge is 0.166 e. The van der Waals surface area contributed by atoms with Crippen molar-refractivity contribution < 1.29 is 0 Å². The number of aromatic nitrogens is 3. The third kappa shape index (κ3) is 0.850. The molecule has 0 atom stereocenters. The van der Waals surface area contributed by atoms with Crippen LogP contribution in [0.15, 0.2) is 12.4 Å². The Bertz CT molecular complexity index is 394. The molecule has 0 bridgehead atoms. The lowest BCUT2D eigenvalue weighted by molar-refractivity contribution is 1.29. The molecule has 3 N–H and O–H groups in total. The summed E-state index contributed by atoms with van der Waals surface area (Å²) in [6.45, 7) is 0. The second kappa shape index (κ2) is 1.98. The average molecular weight is 146 g/mol. The van der Waals surface area contributed by atoms with E-state index in [-0.39, 0.29) is 0 Å². The molecule has 0 aliphatic carbocycles. The lowest BCUT2D eigenvalue weighted by Gasteiger charge is -1.91. The Hall–Kier alpha value is -1.52. The van der Waals surface area contributed by atoms with Gasteiger partial charge in [0.15, 0.2) is 13.5 Å². The molecule has 0 fully saturated rings. The Morgan fingerprint density at radius 1 is 1.55 bits per heavy atom. The number of H-pyrrole nitrogens is 1. The molecule has 5 heteroatoms. The molecule has 0 saturated carbocycles. The predicted molar refractivity (Wildman–Crippen MR) is 46.5 cm³/mol. The highest BCUT2D eigenvalue weighted by atomic mass is 14.9. The van der Waals surface area contributed by atoms with Crippen LogP contribution >= 0.6 is 0 Å². The molecule has 54 valence electrons. The van der Waals surface area contributed by atoms with E-state index in [0.29, 0.717) is 5.69 Å². The van der Waals surface area contributed by atoms with Gasteiger partial charge >= 0.3 is 0 Å². The summed E-state index contributed by atoms with van der Waals surface area (Å²) in [6.07, 6.45) is 3.41. The van der Waals surface area contributed by atoms with E-state index in [1.807, 2.05) is 7.85 Å². The average Bonchev–Trinajstić information content (AvgIpc) is 2.33. The van der Waals surface area contributed by atoms with Crippen LogP contribution in [0.4, 0.5) is 5.69 Å². The van der Waals surface area contributed by atoms with Crippen LogP contribution in [0, 0.1) is 0 Å². The third-order valence-corrected chi connectivity index (χ3v) is 1.53. The number of hydrogen-bond donors (Lipinski definition) is 2. The normalized spacial score (nSPS) is 10.5. The Morgan fingerprint density at radius 3 is 3.18 bits per heavy atom. The van der Waals surface area contributed by atoms with Gasteiger partial charge in [0.05, 0.1) is 5.69 Å². The number of nitrogens with zero attached hydrogens (tertiary/aromatic N) is 2. The van der Waals surface area contributed by atoms with Gasteiger partial charge in [-0.25, -0.2) is 4.98 Å². The molecule has 2 heterocycles.